The van der Waals surface area contributed by atoms with Gasteiger partial charge in [0.15, 0.2) is 0 Å². The molecule has 0 rings (SSSR count). The summed E-state index contributed by atoms with van der Waals surface area (Å²) in [7, 11) is 0. The zero-order valence-corrected chi connectivity index (χ0v) is 10.9. The molecule has 0 spiro atoms. The van der Waals surface area contributed by atoms with E-state index in [4.69, 9.17) is 0 Å². The molecule has 0 aliphatic rings. The van der Waals surface area contributed by atoms with Crippen molar-refractivity contribution in [3.8, 4) is 0 Å². The molecular formula is C11H23Br. The standard InChI is InChI=1S/C11H23Br/c1-8(2)11(7-12,9(3)4)10(5)6/h8-10H,7H2,1-6H3. The van der Waals surface area contributed by atoms with Gasteiger partial charge in [-0.1, -0.05) is 57.5 Å². The SMILES string of the molecule is CC(C)C(CBr)(C(C)C)C(C)C. The van der Waals surface area contributed by atoms with E-state index in [0.717, 1.165) is 23.1 Å². The van der Waals surface area contributed by atoms with Crippen molar-refractivity contribution >= 4 is 15.9 Å². The van der Waals surface area contributed by atoms with E-state index in [1.54, 1.807) is 0 Å². The van der Waals surface area contributed by atoms with Gasteiger partial charge in [-0.05, 0) is 23.2 Å². The summed E-state index contributed by atoms with van der Waals surface area (Å²) in [4.78, 5) is 0. The lowest BCUT2D eigenvalue weighted by Gasteiger charge is -2.44. The summed E-state index contributed by atoms with van der Waals surface area (Å²) >= 11 is 3.67. The Hall–Kier alpha value is 0.480. The molecule has 0 aromatic carbocycles. The highest BCUT2D eigenvalue weighted by Crippen LogP contribution is 2.44. The lowest BCUT2D eigenvalue weighted by molar-refractivity contribution is 0.0809. The van der Waals surface area contributed by atoms with Crippen molar-refractivity contribution in [3.63, 3.8) is 0 Å². The Morgan fingerprint density at radius 2 is 1.08 bits per heavy atom. The monoisotopic (exact) mass is 234 g/mol. The fourth-order valence-corrected chi connectivity index (χ4v) is 4.41. The summed E-state index contributed by atoms with van der Waals surface area (Å²) in [6.45, 7) is 14.0. The molecule has 0 nitrogen and oxygen atoms in total. The number of alkyl halides is 1. The summed E-state index contributed by atoms with van der Waals surface area (Å²) < 4.78 is 0. The zero-order chi connectivity index (χ0) is 9.94. The predicted molar refractivity (Wildman–Crippen MR) is 60.7 cm³/mol. The number of halogens is 1. The topological polar surface area (TPSA) is 0 Å². The zero-order valence-electron chi connectivity index (χ0n) is 9.32. The molecule has 0 N–H and O–H groups in total. The molecule has 0 saturated heterocycles. The van der Waals surface area contributed by atoms with Crippen LogP contribution in [-0.2, 0) is 0 Å². The van der Waals surface area contributed by atoms with Crippen LogP contribution < -0.4 is 0 Å². The minimum Gasteiger partial charge on any atom is -0.0922 e. The third-order valence-electron chi connectivity index (χ3n) is 3.46. The molecule has 0 atom stereocenters. The van der Waals surface area contributed by atoms with Crippen molar-refractivity contribution < 1.29 is 0 Å². The highest BCUT2D eigenvalue weighted by Gasteiger charge is 2.38. The molecule has 74 valence electrons. The van der Waals surface area contributed by atoms with Gasteiger partial charge in [0.1, 0.15) is 0 Å². The molecule has 0 radical (unpaired) electrons. The van der Waals surface area contributed by atoms with Crippen LogP contribution in [0, 0.1) is 23.2 Å². The van der Waals surface area contributed by atoms with Gasteiger partial charge in [0.05, 0.1) is 0 Å². The largest absolute Gasteiger partial charge is 0.0922 e. The average molecular weight is 235 g/mol. The molecule has 0 heterocycles. The predicted octanol–water partition coefficient (Wildman–Crippen LogP) is 4.34. The van der Waals surface area contributed by atoms with Gasteiger partial charge >= 0.3 is 0 Å². The summed E-state index contributed by atoms with van der Waals surface area (Å²) in [6, 6.07) is 0. The van der Waals surface area contributed by atoms with Crippen LogP contribution in [0.5, 0.6) is 0 Å². The minimum atomic E-state index is 0.458. The molecular weight excluding hydrogens is 212 g/mol. The highest BCUT2D eigenvalue weighted by molar-refractivity contribution is 9.09. The second-order valence-electron chi connectivity index (χ2n) is 4.71. The van der Waals surface area contributed by atoms with E-state index in [0.29, 0.717) is 5.41 Å². The second-order valence-corrected chi connectivity index (χ2v) is 5.27. The first-order valence-electron chi connectivity index (χ1n) is 4.95. The van der Waals surface area contributed by atoms with E-state index in [9.17, 15) is 0 Å². The smallest absolute Gasteiger partial charge is 0.00953 e. The quantitative estimate of drug-likeness (QED) is 0.636. The van der Waals surface area contributed by atoms with Crippen molar-refractivity contribution in [3.05, 3.63) is 0 Å². The molecule has 1 heteroatoms. The van der Waals surface area contributed by atoms with E-state index < -0.39 is 0 Å². The Labute approximate surface area is 86.3 Å². The van der Waals surface area contributed by atoms with E-state index in [1.807, 2.05) is 0 Å². The van der Waals surface area contributed by atoms with Crippen molar-refractivity contribution in [2.75, 3.05) is 5.33 Å². The Morgan fingerprint density at radius 3 is 1.08 bits per heavy atom. The van der Waals surface area contributed by atoms with Crippen molar-refractivity contribution in [1.29, 1.82) is 0 Å². The van der Waals surface area contributed by atoms with Crippen LogP contribution in [0.15, 0.2) is 0 Å². The normalized spacial score (nSPS) is 13.5. The Kier molecular flexibility index (Phi) is 4.83. The summed E-state index contributed by atoms with van der Waals surface area (Å²) in [5.74, 6) is 2.24. The van der Waals surface area contributed by atoms with Gasteiger partial charge in [-0.15, -0.1) is 0 Å². The van der Waals surface area contributed by atoms with Crippen LogP contribution >= 0.6 is 15.9 Å². The Morgan fingerprint density at radius 1 is 0.833 bits per heavy atom. The Bertz CT molecular complexity index is 103. The lowest BCUT2D eigenvalue weighted by Crippen LogP contribution is -2.39. The fraction of sp³-hybridized carbons (Fsp3) is 1.00. The molecule has 0 saturated carbocycles. The van der Waals surface area contributed by atoms with Crippen LogP contribution in [0.3, 0.4) is 0 Å². The third-order valence-corrected chi connectivity index (χ3v) is 4.43. The van der Waals surface area contributed by atoms with Crippen molar-refractivity contribution in [2.24, 2.45) is 23.2 Å². The van der Waals surface area contributed by atoms with Gasteiger partial charge in [0.2, 0.25) is 0 Å². The van der Waals surface area contributed by atoms with E-state index in [2.05, 4.69) is 57.5 Å². The number of hydrogen-bond acceptors (Lipinski definition) is 0. The molecule has 0 amide bonds. The van der Waals surface area contributed by atoms with Gasteiger partial charge in [-0.25, -0.2) is 0 Å². The van der Waals surface area contributed by atoms with Crippen molar-refractivity contribution in [1.82, 2.24) is 0 Å². The van der Waals surface area contributed by atoms with E-state index in [-0.39, 0.29) is 0 Å². The van der Waals surface area contributed by atoms with Gasteiger partial charge in [0, 0.05) is 5.33 Å². The van der Waals surface area contributed by atoms with Crippen LogP contribution in [0.2, 0.25) is 0 Å². The van der Waals surface area contributed by atoms with Crippen molar-refractivity contribution in [2.45, 2.75) is 41.5 Å². The van der Waals surface area contributed by atoms with Gasteiger partial charge in [-0.2, -0.15) is 0 Å². The maximum Gasteiger partial charge on any atom is 0.00953 e. The minimum absolute atomic E-state index is 0.458. The summed E-state index contributed by atoms with van der Waals surface area (Å²) in [5, 5.41) is 1.12. The summed E-state index contributed by atoms with van der Waals surface area (Å²) in [5.41, 5.74) is 0.458. The maximum absolute atomic E-state index is 3.67. The molecule has 0 aromatic rings. The van der Waals surface area contributed by atoms with Crippen LogP contribution in [0.4, 0.5) is 0 Å². The fourth-order valence-electron chi connectivity index (χ4n) is 2.46. The molecule has 12 heavy (non-hydrogen) atoms. The third kappa shape index (κ3) is 2.04. The Balaban J connectivity index is 4.77. The molecule has 0 aliphatic carbocycles. The van der Waals surface area contributed by atoms with E-state index in [1.165, 1.54) is 0 Å². The van der Waals surface area contributed by atoms with Crippen LogP contribution in [0.1, 0.15) is 41.5 Å². The molecule has 0 aliphatic heterocycles. The van der Waals surface area contributed by atoms with Gasteiger partial charge in [0.25, 0.3) is 0 Å². The first-order valence-corrected chi connectivity index (χ1v) is 6.07. The number of hydrogen-bond donors (Lipinski definition) is 0. The highest BCUT2D eigenvalue weighted by atomic mass is 79.9. The molecule has 0 fully saturated rings. The number of rotatable bonds is 4. The van der Waals surface area contributed by atoms with Gasteiger partial charge in [-0.3, -0.25) is 0 Å². The van der Waals surface area contributed by atoms with Crippen LogP contribution in [-0.4, -0.2) is 5.33 Å². The maximum atomic E-state index is 3.67. The van der Waals surface area contributed by atoms with Crippen LogP contribution in [0.25, 0.3) is 0 Å². The average Bonchev–Trinajstić information content (AvgIpc) is 1.86. The second kappa shape index (κ2) is 4.64. The molecule has 0 aromatic heterocycles. The lowest BCUT2D eigenvalue weighted by atomic mass is 9.64. The first kappa shape index (κ1) is 12.5. The summed E-state index contributed by atoms with van der Waals surface area (Å²) in [6.07, 6.45) is 0. The van der Waals surface area contributed by atoms with Gasteiger partial charge < -0.3 is 0 Å². The van der Waals surface area contributed by atoms with E-state index >= 15 is 0 Å². The molecule has 0 unspecified atom stereocenters. The molecule has 0 bridgehead atoms. The first-order chi connectivity index (χ1) is 5.39.